The van der Waals surface area contributed by atoms with Crippen LogP contribution in [0.2, 0.25) is 15.1 Å². The summed E-state index contributed by atoms with van der Waals surface area (Å²) >= 11 is 19.3. The summed E-state index contributed by atoms with van der Waals surface area (Å²) in [5.74, 6) is 6.77. The first-order valence-corrected chi connectivity index (χ1v) is 9.93. The fourth-order valence-corrected chi connectivity index (χ4v) is 3.71. The van der Waals surface area contributed by atoms with Gasteiger partial charge in [-0.25, -0.2) is 4.68 Å². The number of nitrogens with zero attached hydrogens (tertiary/aromatic N) is 3. The van der Waals surface area contributed by atoms with E-state index in [0.29, 0.717) is 43.0 Å². The van der Waals surface area contributed by atoms with Crippen LogP contribution >= 0.6 is 46.6 Å². The number of rotatable bonds is 6. The van der Waals surface area contributed by atoms with Gasteiger partial charge in [0, 0.05) is 16.3 Å². The molecule has 0 spiro atoms. The van der Waals surface area contributed by atoms with Crippen molar-refractivity contribution in [2.45, 2.75) is 5.16 Å². The van der Waals surface area contributed by atoms with E-state index in [2.05, 4.69) is 15.5 Å². The lowest BCUT2D eigenvalue weighted by molar-refractivity contribution is -0.113. The summed E-state index contributed by atoms with van der Waals surface area (Å²) in [4.78, 5) is 12.2. The molecule has 28 heavy (non-hydrogen) atoms. The second-order valence-electron chi connectivity index (χ2n) is 5.49. The highest BCUT2D eigenvalue weighted by atomic mass is 35.5. The molecule has 7 nitrogen and oxygen atoms in total. The van der Waals surface area contributed by atoms with Crippen molar-refractivity contribution in [3.05, 3.63) is 51.5 Å². The van der Waals surface area contributed by atoms with Crippen molar-refractivity contribution in [3.8, 4) is 17.1 Å². The van der Waals surface area contributed by atoms with E-state index in [9.17, 15) is 4.79 Å². The Morgan fingerprint density at radius 1 is 1.18 bits per heavy atom. The largest absolute Gasteiger partial charge is 0.495 e. The molecule has 3 aromatic rings. The first-order chi connectivity index (χ1) is 13.4. The highest BCUT2D eigenvalue weighted by Crippen LogP contribution is 2.30. The topological polar surface area (TPSA) is 95.1 Å². The molecule has 3 N–H and O–H groups in total. The van der Waals surface area contributed by atoms with Crippen molar-refractivity contribution < 1.29 is 9.53 Å². The number of anilines is 1. The highest BCUT2D eigenvalue weighted by molar-refractivity contribution is 7.99. The Morgan fingerprint density at radius 2 is 1.96 bits per heavy atom. The van der Waals surface area contributed by atoms with Gasteiger partial charge < -0.3 is 15.9 Å². The Hall–Kier alpha value is -2.13. The molecule has 0 radical (unpaired) electrons. The molecule has 0 unspecified atom stereocenters. The lowest BCUT2D eigenvalue weighted by Crippen LogP contribution is -2.16. The summed E-state index contributed by atoms with van der Waals surface area (Å²) in [5, 5.41) is 12.5. The molecule has 0 atom stereocenters. The monoisotopic (exact) mass is 457 g/mol. The number of aromatic nitrogens is 3. The number of methoxy groups -OCH3 is 1. The van der Waals surface area contributed by atoms with Crippen LogP contribution in [0.3, 0.4) is 0 Å². The van der Waals surface area contributed by atoms with Gasteiger partial charge >= 0.3 is 0 Å². The molecule has 0 aliphatic rings. The van der Waals surface area contributed by atoms with Gasteiger partial charge in [-0.05, 0) is 36.4 Å². The molecule has 0 saturated carbocycles. The van der Waals surface area contributed by atoms with Crippen LogP contribution < -0.4 is 15.9 Å². The van der Waals surface area contributed by atoms with E-state index in [1.807, 2.05) is 0 Å². The summed E-state index contributed by atoms with van der Waals surface area (Å²) in [7, 11) is 1.52. The van der Waals surface area contributed by atoms with Crippen molar-refractivity contribution in [2.24, 2.45) is 0 Å². The van der Waals surface area contributed by atoms with Gasteiger partial charge in [0.2, 0.25) is 11.1 Å². The number of carbonyl (C=O) groups is 1. The quantitative estimate of drug-likeness (QED) is 0.421. The molecule has 2 aromatic carbocycles. The molecule has 146 valence electrons. The first-order valence-electron chi connectivity index (χ1n) is 7.81. The second kappa shape index (κ2) is 8.91. The molecule has 0 fully saturated rings. The molecule has 0 saturated heterocycles. The minimum Gasteiger partial charge on any atom is -0.495 e. The van der Waals surface area contributed by atoms with Crippen LogP contribution in [0.1, 0.15) is 0 Å². The van der Waals surface area contributed by atoms with Gasteiger partial charge in [-0.1, -0.05) is 46.6 Å². The zero-order valence-corrected chi connectivity index (χ0v) is 17.5. The third-order valence-corrected chi connectivity index (χ3v) is 5.39. The highest BCUT2D eigenvalue weighted by Gasteiger charge is 2.16. The smallest absolute Gasteiger partial charge is 0.234 e. The molecular formula is C17H14Cl3N5O2S. The van der Waals surface area contributed by atoms with Gasteiger partial charge in [0.25, 0.3) is 0 Å². The number of thioether (sulfide) groups is 1. The number of nitrogens with two attached hydrogens (primary N) is 1. The maximum absolute atomic E-state index is 12.2. The Morgan fingerprint density at radius 3 is 2.64 bits per heavy atom. The average molecular weight is 459 g/mol. The van der Waals surface area contributed by atoms with Crippen LogP contribution in [0.25, 0.3) is 11.4 Å². The number of nitrogens with one attached hydrogen (secondary N) is 1. The lowest BCUT2D eigenvalue weighted by Gasteiger charge is -2.08. The van der Waals surface area contributed by atoms with E-state index in [-0.39, 0.29) is 11.7 Å². The number of amides is 1. The maximum Gasteiger partial charge on any atom is 0.234 e. The van der Waals surface area contributed by atoms with Crippen molar-refractivity contribution in [1.29, 1.82) is 0 Å². The summed E-state index contributed by atoms with van der Waals surface area (Å²) in [5.41, 5.74) is 1.14. The van der Waals surface area contributed by atoms with Gasteiger partial charge in [0.05, 0.1) is 22.9 Å². The number of hydrogen-bond donors (Lipinski definition) is 2. The van der Waals surface area contributed by atoms with E-state index >= 15 is 0 Å². The zero-order valence-electron chi connectivity index (χ0n) is 14.4. The summed E-state index contributed by atoms with van der Waals surface area (Å²) in [6.07, 6.45) is 0. The third kappa shape index (κ3) is 4.64. The van der Waals surface area contributed by atoms with E-state index in [0.717, 1.165) is 11.8 Å². The number of halogens is 3. The zero-order chi connectivity index (χ0) is 20.3. The molecule has 0 bridgehead atoms. The van der Waals surface area contributed by atoms with Crippen molar-refractivity contribution >= 4 is 58.2 Å². The number of nitrogen functional groups attached to an aromatic ring is 1. The van der Waals surface area contributed by atoms with E-state index in [1.54, 1.807) is 36.4 Å². The van der Waals surface area contributed by atoms with Crippen LogP contribution in [0.15, 0.2) is 41.6 Å². The van der Waals surface area contributed by atoms with Gasteiger partial charge in [-0.2, -0.15) is 0 Å². The normalized spacial score (nSPS) is 10.7. The van der Waals surface area contributed by atoms with Crippen LogP contribution in [0, 0.1) is 0 Å². The minimum atomic E-state index is -0.250. The molecule has 1 aromatic heterocycles. The van der Waals surface area contributed by atoms with Gasteiger partial charge in [0.15, 0.2) is 5.82 Å². The van der Waals surface area contributed by atoms with Gasteiger partial charge in [-0.15, -0.1) is 10.2 Å². The third-order valence-electron chi connectivity index (χ3n) is 3.60. The summed E-state index contributed by atoms with van der Waals surface area (Å²) in [6.45, 7) is 0. The second-order valence-corrected chi connectivity index (χ2v) is 7.68. The number of ether oxygens (including phenoxy) is 1. The molecule has 0 aliphatic heterocycles. The Labute approximate surface area is 180 Å². The summed E-state index contributed by atoms with van der Waals surface area (Å²) < 4.78 is 6.35. The van der Waals surface area contributed by atoms with E-state index in [1.165, 1.54) is 11.8 Å². The number of carbonyl (C=O) groups excluding carboxylic acids is 1. The predicted molar refractivity (Wildman–Crippen MR) is 113 cm³/mol. The lowest BCUT2D eigenvalue weighted by atomic mass is 10.2. The maximum atomic E-state index is 12.2. The number of benzene rings is 2. The molecule has 0 aliphatic carbocycles. The SMILES string of the molecule is COc1ccc(NC(=O)CSc2nnc(-c3ccc(Cl)cc3Cl)n2N)cc1Cl. The molecule has 11 heteroatoms. The number of hydrogen-bond acceptors (Lipinski definition) is 6. The standard InChI is InChI=1S/C17H14Cl3N5O2S/c1-27-14-5-3-10(7-13(14)20)22-15(26)8-28-17-24-23-16(25(17)21)11-4-2-9(18)6-12(11)19/h2-7H,8,21H2,1H3,(H,22,26). The van der Waals surface area contributed by atoms with Gasteiger partial charge in [0.1, 0.15) is 5.75 Å². The fraction of sp³-hybridized carbons (Fsp3) is 0.118. The van der Waals surface area contributed by atoms with E-state index in [4.69, 9.17) is 45.4 Å². The van der Waals surface area contributed by atoms with Crippen molar-refractivity contribution in [3.63, 3.8) is 0 Å². The van der Waals surface area contributed by atoms with Crippen molar-refractivity contribution in [1.82, 2.24) is 14.9 Å². The van der Waals surface area contributed by atoms with E-state index < -0.39 is 0 Å². The van der Waals surface area contributed by atoms with Gasteiger partial charge in [-0.3, -0.25) is 4.79 Å². The van der Waals surface area contributed by atoms with Crippen LogP contribution in [0.5, 0.6) is 5.75 Å². The molecule has 3 rings (SSSR count). The first kappa shape index (κ1) is 20.6. The summed E-state index contributed by atoms with van der Waals surface area (Å²) in [6, 6.07) is 9.94. The minimum absolute atomic E-state index is 0.0767. The van der Waals surface area contributed by atoms with Crippen molar-refractivity contribution in [2.75, 3.05) is 24.0 Å². The average Bonchev–Trinajstić information content (AvgIpc) is 3.01. The Balaban J connectivity index is 1.66. The molecular weight excluding hydrogens is 445 g/mol. The Bertz CT molecular complexity index is 1030. The van der Waals surface area contributed by atoms with Crippen LogP contribution in [-0.2, 0) is 4.79 Å². The fourth-order valence-electron chi connectivity index (χ4n) is 2.30. The van der Waals surface area contributed by atoms with Crippen LogP contribution in [-0.4, -0.2) is 33.6 Å². The molecule has 1 amide bonds. The van der Waals surface area contributed by atoms with Crippen LogP contribution in [0.4, 0.5) is 5.69 Å². The predicted octanol–water partition coefficient (Wildman–Crippen LogP) is 4.36. The molecule has 1 heterocycles. The Kier molecular flexibility index (Phi) is 6.56.